The second-order valence-electron chi connectivity index (χ2n) is 6.93. The number of benzene rings is 2. The molecule has 0 bridgehead atoms. The second-order valence-corrected chi connectivity index (χ2v) is 7.34. The quantitative estimate of drug-likeness (QED) is 0.555. The second kappa shape index (κ2) is 9.59. The van der Waals surface area contributed by atoms with E-state index in [1.54, 1.807) is 24.4 Å². The standard InChI is InChI=1S/C23H22ClN5O2/c1-2-22(30)27-21-14-16(6-7-19(21)24)20-8-9-25-23(28-20)26-17-4-3-5-18(15-17)29-10-12-31-13-11-29/h2-9,14-15H,1,10-13H2,(H,27,30)(H,25,26,28). The lowest BCUT2D eigenvalue weighted by Crippen LogP contribution is -2.36. The summed E-state index contributed by atoms with van der Waals surface area (Å²) in [5.74, 6) is 0.146. The van der Waals surface area contributed by atoms with Gasteiger partial charge in [0.25, 0.3) is 0 Å². The number of hydrogen-bond acceptors (Lipinski definition) is 6. The molecule has 2 N–H and O–H groups in total. The fourth-order valence-corrected chi connectivity index (χ4v) is 3.44. The third kappa shape index (κ3) is 5.20. The summed E-state index contributed by atoms with van der Waals surface area (Å²) in [5, 5.41) is 6.41. The van der Waals surface area contributed by atoms with E-state index in [9.17, 15) is 4.79 Å². The normalized spacial score (nSPS) is 13.5. The molecule has 158 valence electrons. The number of ether oxygens (including phenoxy) is 1. The number of nitrogens with zero attached hydrogens (tertiary/aromatic N) is 3. The van der Waals surface area contributed by atoms with Gasteiger partial charge in [0.15, 0.2) is 0 Å². The molecule has 1 aliphatic rings. The number of halogens is 1. The molecule has 1 fully saturated rings. The van der Waals surface area contributed by atoms with Crippen LogP contribution in [-0.4, -0.2) is 42.2 Å². The predicted octanol–water partition coefficient (Wildman–Crippen LogP) is 4.50. The number of nitrogens with one attached hydrogen (secondary N) is 2. The summed E-state index contributed by atoms with van der Waals surface area (Å²) in [6.45, 7) is 6.68. The van der Waals surface area contributed by atoms with Crippen LogP contribution in [0.5, 0.6) is 0 Å². The van der Waals surface area contributed by atoms with Gasteiger partial charge in [-0.15, -0.1) is 0 Å². The Morgan fingerprint density at radius 3 is 2.81 bits per heavy atom. The molecule has 0 radical (unpaired) electrons. The number of rotatable bonds is 6. The molecule has 1 aromatic heterocycles. The van der Waals surface area contributed by atoms with E-state index >= 15 is 0 Å². The van der Waals surface area contributed by atoms with E-state index in [0.29, 0.717) is 22.4 Å². The molecular formula is C23H22ClN5O2. The minimum absolute atomic E-state index is 0.329. The highest BCUT2D eigenvalue weighted by Crippen LogP contribution is 2.29. The largest absolute Gasteiger partial charge is 0.378 e. The number of aromatic nitrogens is 2. The van der Waals surface area contributed by atoms with Gasteiger partial charge in [-0.3, -0.25) is 4.79 Å². The van der Waals surface area contributed by atoms with Gasteiger partial charge in [0.05, 0.1) is 29.6 Å². The smallest absolute Gasteiger partial charge is 0.247 e. The van der Waals surface area contributed by atoms with Crippen molar-refractivity contribution >= 4 is 40.5 Å². The summed E-state index contributed by atoms with van der Waals surface area (Å²) in [5.41, 5.74) is 4.03. The third-order valence-corrected chi connectivity index (χ3v) is 5.17. The number of amides is 1. The highest BCUT2D eigenvalue weighted by molar-refractivity contribution is 6.34. The van der Waals surface area contributed by atoms with Crippen molar-refractivity contribution in [3.8, 4) is 11.3 Å². The third-order valence-electron chi connectivity index (χ3n) is 4.84. The van der Waals surface area contributed by atoms with E-state index in [4.69, 9.17) is 16.3 Å². The molecule has 0 aliphatic carbocycles. The Labute approximate surface area is 185 Å². The molecule has 1 aliphatic heterocycles. The Balaban J connectivity index is 1.55. The Morgan fingerprint density at radius 2 is 2.00 bits per heavy atom. The van der Waals surface area contributed by atoms with E-state index in [1.165, 1.54) is 6.08 Å². The highest BCUT2D eigenvalue weighted by atomic mass is 35.5. The minimum Gasteiger partial charge on any atom is -0.378 e. The van der Waals surface area contributed by atoms with Gasteiger partial charge < -0.3 is 20.3 Å². The van der Waals surface area contributed by atoms with Crippen LogP contribution in [0.15, 0.2) is 67.4 Å². The van der Waals surface area contributed by atoms with Crippen LogP contribution in [0, 0.1) is 0 Å². The molecule has 0 unspecified atom stereocenters. The van der Waals surface area contributed by atoms with Crippen LogP contribution in [0.4, 0.5) is 23.0 Å². The van der Waals surface area contributed by atoms with E-state index < -0.39 is 0 Å². The van der Waals surface area contributed by atoms with Gasteiger partial charge in [0.1, 0.15) is 0 Å². The SMILES string of the molecule is C=CC(=O)Nc1cc(-c2ccnc(Nc3cccc(N4CCOCC4)c3)n2)ccc1Cl. The van der Waals surface area contributed by atoms with Crippen molar-refractivity contribution < 1.29 is 9.53 Å². The van der Waals surface area contributed by atoms with Gasteiger partial charge >= 0.3 is 0 Å². The molecular weight excluding hydrogens is 414 g/mol. The Morgan fingerprint density at radius 1 is 1.16 bits per heavy atom. The first-order valence-electron chi connectivity index (χ1n) is 9.88. The number of anilines is 4. The first-order valence-corrected chi connectivity index (χ1v) is 10.3. The topological polar surface area (TPSA) is 79.4 Å². The van der Waals surface area contributed by atoms with E-state index in [2.05, 4.69) is 44.2 Å². The summed E-state index contributed by atoms with van der Waals surface area (Å²) >= 11 is 6.20. The Bertz CT molecular complexity index is 1100. The van der Waals surface area contributed by atoms with Gasteiger partial charge in [0, 0.05) is 36.2 Å². The van der Waals surface area contributed by atoms with Gasteiger partial charge in [-0.2, -0.15) is 0 Å². The van der Waals surface area contributed by atoms with Crippen LogP contribution in [0.1, 0.15) is 0 Å². The number of morpholine rings is 1. The van der Waals surface area contributed by atoms with Crippen LogP contribution < -0.4 is 15.5 Å². The van der Waals surface area contributed by atoms with Gasteiger partial charge in [-0.1, -0.05) is 30.3 Å². The zero-order valence-corrected chi connectivity index (χ0v) is 17.6. The fourth-order valence-electron chi connectivity index (χ4n) is 3.27. The van der Waals surface area contributed by atoms with Crippen LogP contribution in [-0.2, 0) is 9.53 Å². The Kier molecular flexibility index (Phi) is 6.45. The maximum absolute atomic E-state index is 11.6. The van der Waals surface area contributed by atoms with Crippen molar-refractivity contribution in [2.24, 2.45) is 0 Å². The highest BCUT2D eigenvalue weighted by Gasteiger charge is 2.12. The lowest BCUT2D eigenvalue weighted by atomic mass is 10.1. The summed E-state index contributed by atoms with van der Waals surface area (Å²) in [4.78, 5) is 22.9. The molecule has 31 heavy (non-hydrogen) atoms. The number of hydrogen-bond donors (Lipinski definition) is 2. The average Bonchev–Trinajstić information content (AvgIpc) is 2.81. The maximum Gasteiger partial charge on any atom is 0.247 e. The van der Waals surface area contributed by atoms with E-state index in [-0.39, 0.29) is 5.91 Å². The first-order chi connectivity index (χ1) is 15.1. The van der Waals surface area contributed by atoms with Gasteiger partial charge in [0.2, 0.25) is 11.9 Å². The van der Waals surface area contributed by atoms with Crippen molar-refractivity contribution in [3.05, 3.63) is 72.4 Å². The molecule has 1 amide bonds. The molecule has 2 heterocycles. The first kappa shape index (κ1) is 20.8. The maximum atomic E-state index is 11.6. The lowest BCUT2D eigenvalue weighted by Gasteiger charge is -2.29. The van der Waals surface area contributed by atoms with Crippen LogP contribution in [0.25, 0.3) is 11.3 Å². The molecule has 8 heteroatoms. The van der Waals surface area contributed by atoms with Crippen molar-refractivity contribution in [1.82, 2.24) is 9.97 Å². The van der Waals surface area contributed by atoms with Crippen LogP contribution >= 0.6 is 11.6 Å². The molecule has 0 saturated carbocycles. The summed E-state index contributed by atoms with van der Waals surface area (Å²) < 4.78 is 5.43. The minimum atomic E-state index is -0.329. The van der Waals surface area contributed by atoms with Gasteiger partial charge in [-0.25, -0.2) is 9.97 Å². The van der Waals surface area contributed by atoms with Crippen LogP contribution in [0.3, 0.4) is 0 Å². The summed E-state index contributed by atoms with van der Waals surface area (Å²) in [6, 6.07) is 15.3. The van der Waals surface area contributed by atoms with E-state index in [1.807, 2.05) is 18.2 Å². The van der Waals surface area contributed by atoms with Crippen molar-refractivity contribution in [1.29, 1.82) is 0 Å². The average molecular weight is 436 g/mol. The molecule has 0 spiro atoms. The van der Waals surface area contributed by atoms with Gasteiger partial charge in [-0.05, 0) is 42.5 Å². The van der Waals surface area contributed by atoms with Crippen LogP contribution in [0.2, 0.25) is 5.02 Å². The molecule has 2 aromatic carbocycles. The number of carbonyl (C=O) groups is 1. The molecule has 4 rings (SSSR count). The predicted molar refractivity (Wildman–Crippen MR) is 124 cm³/mol. The molecule has 0 atom stereocenters. The summed E-state index contributed by atoms with van der Waals surface area (Å²) in [6.07, 6.45) is 2.88. The zero-order chi connectivity index (χ0) is 21.6. The Hall–Kier alpha value is -3.42. The number of carbonyl (C=O) groups excluding carboxylic acids is 1. The molecule has 1 saturated heterocycles. The monoisotopic (exact) mass is 435 g/mol. The van der Waals surface area contributed by atoms with Crippen molar-refractivity contribution in [3.63, 3.8) is 0 Å². The molecule has 3 aromatic rings. The molecule has 7 nitrogen and oxygen atoms in total. The van der Waals surface area contributed by atoms with Crippen molar-refractivity contribution in [2.45, 2.75) is 0 Å². The fraction of sp³-hybridized carbons (Fsp3) is 0.174. The lowest BCUT2D eigenvalue weighted by molar-refractivity contribution is -0.111. The van der Waals surface area contributed by atoms with E-state index in [0.717, 1.165) is 43.2 Å². The summed E-state index contributed by atoms with van der Waals surface area (Å²) in [7, 11) is 0. The van der Waals surface area contributed by atoms with Crippen molar-refractivity contribution in [2.75, 3.05) is 41.8 Å². The zero-order valence-electron chi connectivity index (χ0n) is 16.8.